The quantitative estimate of drug-likeness (QED) is 0.858. The molecule has 4 heteroatoms. The summed E-state index contributed by atoms with van der Waals surface area (Å²) >= 11 is 0. The van der Waals surface area contributed by atoms with Crippen LogP contribution in [0, 0.1) is 5.92 Å². The lowest BCUT2D eigenvalue weighted by atomic mass is 9.91. The third-order valence-electron chi connectivity index (χ3n) is 4.12. The highest BCUT2D eigenvalue weighted by atomic mass is 16.1. The average molecular weight is 275 g/mol. The molecule has 1 fully saturated rings. The number of likely N-dealkylation sites (N-methyl/N-ethyl adjacent to an activating group) is 1. The summed E-state index contributed by atoms with van der Waals surface area (Å²) in [6.07, 6.45) is 4.23. The smallest absolute Gasteiger partial charge is 0.185 e. The van der Waals surface area contributed by atoms with Crippen LogP contribution in [0.5, 0.6) is 0 Å². The van der Waals surface area contributed by atoms with Crippen LogP contribution < -0.4 is 5.73 Å². The molecule has 2 rings (SSSR count). The van der Waals surface area contributed by atoms with Crippen LogP contribution in [0.1, 0.15) is 55.6 Å². The number of hydrogen-bond donors (Lipinski definition) is 1. The maximum atomic E-state index is 12.0. The van der Waals surface area contributed by atoms with Crippen LogP contribution in [0.4, 0.5) is 5.69 Å². The van der Waals surface area contributed by atoms with Crippen LogP contribution >= 0.6 is 0 Å². The fraction of sp³-hybridized carbons (Fsp3) is 0.625. The van der Waals surface area contributed by atoms with E-state index < -0.39 is 0 Å². The van der Waals surface area contributed by atoms with Gasteiger partial charge in [0.1, 0.15) is 5.69 Å². The second-order valence-electron chi connectivity index (χ2n) is 5.96. The molecular weight excluding hydrogens is 250 g/mol. The Morgan fingerprint density at radius 3 is 2.90 bits per heavy atom. The molecule has 2 N–H and O–H groups in total. The number of ketones is 1. The van der Waals surface area contributed by atoms with E-state index in [0.717, 1.165) is 13.1 Å². The molecule has 0 aliphatic carbocycles. The van der Waals surface area contributed by atoms with Crippen molar-refractivity contribution < 1.29 is 4.79 Å². The number of Topliss-reactive ketones (excluding diaryl/α,β-unsaturated/α-hetero) is 1. The number of hydrogen-bond acceptors (Lipinski definition) is 4. The van der Waals surface area contributed by atoms with Crippen molar-refractivity contribution in [3.05, 3.63) is 23.5 Å². The van der Waals surface area contributed by atoms with Gasteiger partial charge in [-0.05, 0) is 43.5 Å². The first-order valence-electron chi connectivity index (χ1n) is 7.54. The molecule has 20 heavy (non-hydrogen) atoms. The summed E-state index contributed by atoms with van der Waals surface area (Å²) in [4.78, 5) is 18.8. The zero-order valence-electron chi connectivity index (χ0n) is 12.7. The normalized spacial score (nSPS) is 20.3. The molecule has 0 radical (unpaired) electrons. The van der Waals surface area contributed by atoms with E-state index in [-0.39, 0.29) is 11.7 Å². The number of nitrogens with zero attached hydrogens (tertiary/aromatic N) is 2. The standard InChI is InChI=1S/C16H25N3O/c1-4-19-7-5-6-12(10-19)13-8-14(17)15(18-9-13)16(20)11(2)3/h8-9,11-12H,4-7,10,17H2,1-3H3. The monoisotopic (exact) mass is 275 g/mol. The number of nitrogen functional groups attached to an aromatic ring is 1. The van der Waals surface area contributed by atoms with Crippen LogP contribution in [0.25, 0.3) is 0 Å². The average Bonchev–Trinajstić information content (AvgIpc) is 2.46. The summed E-state index contributed by atoms with van der Waals surface area (Å²) in [6, 6.07) is 1.95. The summed E-state index contributed by atoms with van der Waals surface area (Å²) in [5, 5.41) is 0. The molecule has 110 valence electrons. The molecule has 4 nitrogen and oxygen atoms in total. The van der Waals surface area contributed by atoms with Gasteiger partial charge in [-0.1, -0.05) is 20.8 Å². The van der Waals surface area contributed by atoms with E-state index in [9.17, 15) is 4.79 Å². The molecule has 2 heterocycles. The van der Waals surface area contributed by atoms with Crippen LogP contribution in [-0.4, -0.2) is 35.3 Å². The Kier molecular flexibility index (Phi) is 4.76. The SMILES string of the molecule is CCN1CCCC(c2cnc(C(=O)C(C)C)c(N)c2)C1. The van der Waals surface area contributed by atoms with E-state index in [1.165, 1.54) is 24.9 Å². The molecule has 0 amide bonds. The largest absolute Gasteiger partial charge is 0.397 e. The van der Waals surface area contributed by atoms with E-state index in [1.54, 1.807) is 0 Å². The lowest BCUT2D eigenvalue weighted by molar-refractivity contribution is 0.0935. The molecule has 0 aromatic carbocycles. The number of nitrogens with two attached hydrogens (primary N) is 1. The van der Waals surface area contributed by atoms with E-state index in [0.29, 0.717) is 17.3 Å². The Morgan fingerprint density at radius 1 is 1.55 bits per heavy atom. The van der Waals surface area contributed by atoms with Crippen LogP contribution in [0.2, 0.25) is 0 Å². The maximum Gasteiger partial charge on any atom is 0.185 e. The van der Waals surface area contributed by atoms with Crippen LogP contribution in [0.3, 0.4) is 0 Å². The van der Waals surface area contributed by atoms with Crippen molar-refractivity contribution >= 4 is 11.5 Å². The van der Waals surface area contributed by atoms with Crippen LogP contribution in [-0.2, 0) is 0 Å². The topological polar surface area (TPSA) is 59.2 Å². The minimum atomic E-state index is -0.0686. The second-order valence-corrected chi connectivity index (χ2v) is 5.96. The van der Waals surface area contributed by atoms with Crippen molar-refractivity contribution in [2.75, 3.05) is 25.4 Å². The number of rotatable bonds is 4. The highest BCUT2D eigenvalue weighted by Gasteiger charge is 2.22. The molecule has 1 aromatic heterocycles. The molecule has 1 atom stereocenters. The minimum Gasteiger partial charge on any atom is -0.397 e. The van der Waals surface area contributed by atoms with E-state index >= 15 is 0 Å². The Hall–Kier alpha value is -1.42. The molecular formula is C16H25N3O. The number of piperidine rings is 1. The van der Waals surface area contributed by atoms with E-state index in [1.807, 2.05) is 26.1 Å². The predicted octanol–water partition coefficient (Wildman–Crippen LogP) is 2.70. The number of carbonyl (C=O) groups is 1. The molecule has 1 unspecified atom stereocenters. The van der Waals surface area contributed by atoms with Crippen molar-refractivity contribution in [3.8, 4) is 0 Å². The first kappa shape index (κ1) is 15.0. The summed E-state index contributed by atoms with van der Waals surface area (Å²) in [6.45, 7) is 9.27. The fourth-order valence-electron chi connectivity index (χ4n) is 2.82. The van der Waals surface area contributed by atoms with Gasteiger partial charge in [0.15, 0.2) is 5.78 Å². The van der Waals surface area contributed by atoms with Crippen molar-refractivity contribution in [2.24, 2.45) is 5.92 Å². The maximum absolute atomic E-state index is 12.0. The van der Waals surface area contributed by atoms with Gasteiger partial charge in [0, 0.05) is 18.7 Å². The van der Waals surface area contributed by atoms with E-state index in [4.69, 9.17) is 5.73 Å². The molecule has 0 bridgehead atoms. The highest BCUT2D eigenvalue weighted by Crippen LogP contribution is 2.28. The van der Waals surface area contributed by atoms with Gasteiger partial charge in [-0.15, -0.1) is 0 Å². The third-order valence-corrected chi connectivity index (χ3v) is 4.12. The Balaban J connectivity index is 2.18. The van der Waals surface area contributed by atoms with Crippen LogP contribution in [0.15, 0.2) is 12.3 Å². The van der Waals surface area contributed by atoms with Gasteiger partial charge in [0.05, 0.1) is 5.69 Å². The first-order chi connectivity index (χ1) is 9.52. The number of carbonyl (C=O) groups excluding carboxylic acids is 1. The van der Waals surface area contributed by atoms with Crippen molar-refractivity contribution in [3.63, 3.8) is 0 Å². The molecule has 1 aromatic rings. The highest BCUT2D eigenvalue weighted by molar-refractivity contribution is 6.00. The number of pyridine rings is 1. The van der Waals surface area contributed by atoms with Gasteiger partial charge in [0.2, 0.25) is 0 Å². The third kappa shape index (κ3) is 3.18. The predicted molar refractivity (Wildman–Crippen MR) is 81.9 cm³/mol. The first-order valence-corrected chi connectivity index (χ1v) is 7.54. The zero-order valence-corrected chi connectivity index (χ0v) is 12.7. The lowest BCUT2D eigenvalue weighted by Crippen LogP contribution is -2.34. The molecule has 0 saturated carbocycles. The van der Waals surface area contributed by atoms with Gasteiger partial charge < -0.3 is 10.6 Å². The summed E-state index contributed by atoms with van der Waals surface area (Å²) in [7, 11) is 0. The molecule has 1 aliphatic heterocycles. The van der Waals surface area contributed by atoms with Gasteiger partial charge in [-0.25, -0.2) is 0 Å². The minimum absolute atomic E-state index is 0.0212. The van der Waals surface area contributed by atoms with Gasteiger partial charge in [-0.2, -0.15) is 0 Å². The number of anilines is 1. The van der Waals surface area contributed by atoms with Gasteiger partial charge in [0.25, 0.3) is 0 Å². The van der Waals surface area contributed by atoms with Gasteiger partial charge in [-0.3, -0.25) is 9.78 Å². The lowest BCUT2D eigenvalue weighted by Gasteiger charge is -2.32. The second kappa shape index (κ2) is 6.35. The number of likely N-dealkylation sites (tertiary alicyclic amines) is 1. The number of aromatic nitrogens is 1. The zero-order chi connectivity index (χ0) is 14.7. The Labute approximate surface area is 121 Å². The molecule has 0 spiro atoms. The summed E-state index contributed by atoms with van der Waals surface area (Å²) in [5.74, 6) is 0.440. The van der Waals surface area contributed by atoms with Crippen molar-refractivity contribution in [1.82, 2.24) is 9.88 Å². The Bertz CT molecular complexity index is 485. The Morgan fingerprint density at radius 2 is 2.30 bits per heavy atom. The fourth-order valence-corrected chi connectivity index (χ4v) is 2.82. The molecule has 1 saturated heterocycles. The van der Waals surface area contributed by atoms with Gasteiger partial charge >= 0.3 is 0 Å². The van der Waals surface area contributed by atoms with E-state index in [2.05, 4.69) is 16.8 Å². The summed E-state index contributed by atoms with van der Waals surface area (Å²) in [5.41, 5.74) is 8.15. The molecule has 1 aliphatic rings. The van der Waals surface area contributed by atoms with Crippen molar-refractivity contribution in [1.29, 1.82) is 0 Å². The van der Waals surface area contributed by atoms with Crippen molar-refractivity contribution in [2.45, 2.75) is 39.5 Å². The summed E-state index contributed by atoms with van der Waals surface area (Å²) < 4.78 is 0.